The molecule has 2 amide bonds. The second-order valence-electron chi connectivity index (χ2n) is 8.05. The van der Waals surface area contributed by atoms with Crippen LogP contribution < -0.4 is 16.4 Å². The van der Waals surface area contributed by atoms with Crippen molar-refractivity contribution >= 4 is 42.3 Å². The van der Waals surface area contributed by atoms with Crippen LogP contribution in [0, 0.1) is 11.8 Å². The standard InChI is InChI=1S/C21H32N4O2.2ClH/c1-15(17-7-9-23-10-8-17)12-20(26)24-18-5-2-4-16(13-18)14-25-11-3-6-19(25)21(22)27;;/h2,4-5,13,15,17,19,23H,3,6-12,14H2,1H3,(H2,22,27)(H,24,26);2*1H. The molecule has 0 radical (unpaired) electrons. The fraction of sp³-hybridized carbons (Fsp3) is 0.619. The van der Waals surface area contributed by atoms with Crippen LogP contribution in [0.2, 0.25) is 0 Å². The molecule has 164 valence electrons. The Morgan fingerprint density at radius 1 is 1.24 bits per heavy atom. The van der Waals surface area contributed by atoms with Crippen molar-refractivity contribution in [3.8, 4) is 0 Å². The van der Waals surface area contributed by atoms with Crippen LogP contribution >= 0.6 is 24.8 Å². The van der Waals surface area contributed by atoms with Crippen LogP contribution in [0.15, 0.2) is 24.3 Å². The lowest BCUT2D eigenvalue weighted by molar-refractivity contribution is -0.122. The highest BCUT2D eigenvalue weighted by Gasteiger charge is 2.28. The van der Waals surface area contributed by atoms with Gasteiger partial charge in [0.25, 0.3) is 0 Å². The van der Waals surface area contributed by atoms with Crippen molar-refractivity contribution < 1.29 is 9.59 Å². The zero-order chi connectivity index (χ0) is 19.2. The van der Waals surface area contributed by atoms with E-state index in [1.807, 2.05) is 24.3 Å². The smallest absolute Gasteiger partial charge is 0.234 e. The quantitative estimate of drug-likeness (QED) is 0.602. The third-order valence-electron chi connectivity index (χ3n) is 5.98. The van der Waals surface area contributed by atoms with E-state index in [4.69, 9.17) is 5.73 Å². The van der Waals surface area contributed by atoms with Gasteiger partial charge in [-0.3, -0.25) is 14.5 Å². The molecular formula is C21H34Cl2N4O2. The van der Waals surface area contributed by atoms with E-state index < -0.39 is 0 Å². The number of halogens is 2. The number of carbonyl (C=O) groups excluding carboxylic acids is 2. The van der Waals surface area contributed by atoms with E-state index in [1.54, 1.807) is 0 Å². The summed E-state index contributed by atoms with van der Waals surface area (Å²) < 4.78 is 0. The zero-order valence-electron chi connectivity index (χ0n) is 17.1. The summed E-state index contributed by atoms with van der Waals surface area (Å²) in [7, 11) is 0. The second-order valence-corrected chi connectivity index (χ2v) is 8.05. The van der Waals surface area contributed by atoms with E-state index in [0.29, 0.717) is 24.8 Å². The summed E-state index contributed by atoms with van der Waals surface area (Å²) in [6.45, 7) is 5.87. The average molecular weight is 445 g/mol. The van der Waals surface area contributed by atoms with Crippen LogP contribution in [0.3, 0.4) is 0 Å². The molecule has 1 aromatic carbocycles. The van der Waals surface area contributed by atoms with Gasteiger partial charge >= 0.3 is 0 Å². The minimum atomic E-state index is -0.246. The molecule has 2 aliphatic rings. The highest BCUT2D eigenvalue weighted by atomic mass is 35.5. The molecule has 0 aromatic heterocycles. The number of likely N-dealkylation sites (tertiary alicyclic amines) is 1. The summed E-state index contributed by atoms with van der Waals surface area (Å²) in [4.78, 5) is 26.2. The number of amides is 2. The topological polar surface area (TPSA) is 87.5 Å². The van der Waals surface area contributed by atoms with E-state index in [0.717, 1.165) is 56.6 Å². The van der Waals surface area contributed by atoms with Gasteiger partial charge in [-0.05, 0) is 74.8 Å². The first-order valence-corrected chi connectivity index (χ1v) is 10.2. The number of nitrogens with two attached hydrogens (primary N) is 1. The maximum absolute atomic E-state index is 12.5. The van der Waals surface area contributed by atoms with Crippen LogP contribution in [-0.2, 0) is 16.1 Å². The van der Waals surface area contributed by atoms with E-state index in [2.05, 4.69) is 22.5 Å². The monoisotopic (exact) mass is 444 g/mol. The normalized spacial score (nSPS) is 20.9. The van der Waals surface area contributed by atoms with Crippen molar-refractivity contribution in [3.63, 3.8) is 0 Å². The Hall–Kier alpha value is -1.34. The molecule has 6 nitrogen and oxygen atoms in total. The molecule has 0 saturated carbocycles. The summed E-state index contributed by atoms with van der Waals surface area (Å²) in [5, 5.41) is 6.42. The molecule has 3 rings (SSSR count). The van der Waals surface area contributed by atoms with Gasteiger partial charge in [0, 0.05) is 18.7 Å². The van der Waals surface area contributed by atoms with Crippen LogP contribution in [0.25, 0.3) is 0 Å². The van der Waals surface area contributed by atoms with Crippen LogP contribution in [0.1, 0.15) is 44.6 Å². The lowest BCUT2D eigenvalue weighted by atomic mass is 9.84. The number of piperidine rings is 1. The predicted octanol–water partition coefficient (Wildman–Crippen LogP) is 2.94. The molecule has 2 unspecified atom stereocenters. The summed E-state index contributed by atoms with van der Waals surface area (Å²) >= 11 is 0. The van der Waals surface area contributed by atoms with Gasteiger partial charge < -0.3 is 16.4 Å². The second kappa shape index (κ2) is 12.4. The summed E-state index contributed by atoms with van der Waals surface area (Å²) in [6, 6.07) is 7.74. The average Bonchev–Trinajstić information content (AvgIpc) is 3.11. The Bertz CT molecular complexity index is 668. The number of nitrogens with zero attached hydrogens (tertiary/aromatic N) is 1. The molecule has 1 aromatic rings. The van der Waals surface area contributed by atoms with Crippen LogP contribution in [0.5, 0.6) is 0 Å². The SMILES string of the molecule is CC(CC(=O)Nc1cccc(CN2CCCC2C(N)=O)c1)C1CCNCC1.Cl.Cl. The van der Waals surface area contributed by atoms with Crippen molar-refractivity contribution in [2.45, 2.75) is 51.6 Å². The van der Waals surface area contributed by atoms with Gasteiger partial charge in [-0.15, -0.1) is 24.8 Å². The zero-order valence-corrected chi connectivity index (χ0v) is 18.7. The number of benzene rings is 1. The minimum Gasteiger partial charge on any atom is -0.368 e. The predicted molar refractivity (Wildman–Crippen MR) is 122 cm³/mol. The lowest BCUT2D eigenvalue weighted by Crippen LogP contribution is -2.39. The molecule has 29 heavy (non-hydrogen) atoms. The number of rotatable bonds is 7. The van der Waals surface area contributed by atoms with E-state index in [-0.39, 0.29) is 42.7 Å². The Morgan fingerprint density at radius 3 is 2.66 bits per heavy atom. The highest BCUT2D eigenvalue weighted by Crippen LogP contribution is 2.25. The Kier molecular flexibility index (Phi) is 11.0. The highest BCUT2D eigenvalue weighted by molar-refractivity contribution is 5.90. The molecule has 2 heterocycles. The Labute approximate surface area is 186 Å². The lowest BCUT2D eigenvalue weighted by Gasteiger charge is -2.27. The molecule has 0 spiro atoms. The van der Waals surface area contributed by atoms with Gasteiger partial charge in [-0.25, -0.2) is 0 Å². The van der Waals surface area contributed by atoms with Crippen LogP contribution in [0.4, 0.5) is 5.69 Å². The first-order valence-electron chi connectivity index (χ1n) is 10.2. The van der Waals surface area contributed by atoms with Crippen LogP contribution in [-0.4, -0.2) is 42.4 Å². The number of hydrogen-bond acceptors (Lipinski definition) is 4. The van der Waals surface area contributed by atoms with Gasteiger partial charge in [0.1, 0.15) is 0 Å². The first kappa shape index (κ1) is 25.7. The van der Waals surface area contributed by atoms with Gasteiger partial charge in [-0.1, -0.05) is 19.1 Å². The maximum atomic E-state index is 12.5. The third kappa shape index (κ3) is 7.45. The maximum Gasteiger partial charge on any atom is 0.234 e. The van der Waals surface area contributed by atoms with Crippen molar-refractivity contribution in [1.29, 1.82) is 0 Å². The molecule has 0 bridgehead atoms. The molecule has 4 N–H and O–H groups in total. The summed E-state index contributed by atoms with van der Waals surface area (Å²) in [5.41, 5.74) is 7.42. The molecule has 2 atom stereocenters. The Balaban J connectivity index is 0.00000210. The van der Waals surface area contributed by atoms with Crippen molar-refractivity contribution in [1.82, 2.24) is 10.2 Å². The van der Waals surface area contributed by atoms with Crippen molar-refractivity contribution in [2.24, 2.45) is 17.6 Å². The third-order valence-corrected chi connectivity index (χ3v) is 5.98. The minimum absolute atomic E-state index is 0. The number of carbonyl (C=O) groups is 2. The molecule has 2 fully saturated rings. The number of anilines is 1. The largest absolute Gasteiger partial charge is 0.368 e. The number of primary amides is 1. The van der Waals surface area contributed by atoms with Gasteiger partial charge in [0.15, 0.2) is 0 Å². The van der Waals surface area contributed by atoms with E-state index >= 15 is 0 Å². The molecule has 8 heteroatoms. The molecule has 2 saturated heterocycles. The fourth-order valence-corrected chi connectivity index (χ4v) is 4.40. The molecule has 2 aliphatic heterocycles. The van der Waals surface area contributed by atoms with E-state index in [9.17, 15) is 9.59 Å². The Morgan fingerprint density at radius 2 is 1.97 bits per heavy atom. The van der Waals surface area contributed by atoms with Gasteiger partial charge in [0.05, 0.1) is 6.04 Å². The number of nitrogens with one attached hydrogen (secondary N) is 2. The van der Waals surface area contributed by atoms with E-state index in [1.165, 1.54) is 0 Å². The van der Waals surface area contributed by atoms with Crippen molar-refractivity contribution in [2.75, 3.05) is 25.0 Å². The molecular weight excluding hydrogens is 411 g/mol. The summed E-state index contributed by atoms with van der Waals surface area (Å²) in [5.74, 6) is 0.860. The van der Waals surface area contributed by atoms with Gasteiger partial charge in [-0.2, -0.15) is 0 Å². The number of hydrogen-bond donors (Lipinski definition) is 3. The van der Waals surface area contributed by atoms with Gasteiger partial charge in [0.2, 0.25) is 11.8 Å². The first-order chi connectivity index (χ1) is 13.0. The molecule has 0 aliphatic carbocycles. The summed E-state index contributed by atoms with van der Waals surface area (Å²) in [6.07, 6.45) is 4.70. The van der Waals surface area contributed by atoms with Crippen molar-refractivity contribution in [3.05, 3.63) is 29.8 Å². The fourth-order valence-electron chi connectivity index (χ4n) is 4.40.